The van der Waals surface area contributed by atoms with Gasteiger partial charge in [0.25, 0.3) is 0 Å². The molecule has 0 aromatic rings. The summed E-state index contributed by atoms with van der Waals surface area (Å²) in [6.07, 6.45) is 1.80. The van der Waals surface area contributed by atoms with Crippen LogP contribution in [-0.2, 0) is 19.1 Å². The summed E-state index contributed by atoms with van der Waals surface area (Å²) >= 11 is 3.24. The van der Waals surface area contributed by atoms with Crippen LogP contribution in [0.25, 0.3) is 0 Å². The van der Waals surface area contributed by atoms with E-state index in [1.807, 2.05) is 0 Å². The average molecular weight is 316 g/mol. The van der Waals surface area contributed by atoms with Gasteiger partial charge in [0.2, 0.25) is 0 Å². The maximum absolute atomic E-state index is 12.2. The van der Waals surface area contributed by atoms with Gasteiger partial charge in [0.1, 0.15) is 0 Å². The van der Waals surface area contributed by atoms with E-state index < -0.39 is 11.9 Å². The Hall–Kier alpha value is -0.620. The highest BCUT2D eigenvalue weighted by atomic mass is 32.2. The second-order valence-electron chi connectivity index (χ2n) is 5.46. The first-order chi connectivity index (χ1) is 9.38. The summed E-state index contributed by atoms with van der Waals surface area (Å²) in [5.74, 6) is -1.14. The first-order valence-electron chi connectivity index (χ1n) is 6.88. The number of thioether (sulfide) groups is 2. The van der Waals surface area contributed by atoms with Gasteiger partial charge < -0.3 is 9.47 Å². The van der Waals surface area contributed by atoms with Gasteiger partial charge in [-0.2, -0.15) is 0 Å². The van der Waals surface area contributed by atoms with Crippen LogP contribution < -0.4 is 0 Å². The fourth-order valence-corrected chi connectivity index (χ4v) is 5.42. The molecule has 2 aliphatic rings. The Kier molecular flexibility index (Phi) is 5.07. The van der Waals surface area contributed by atoms with Gasteiger partial charge in [-0.05, 0) is 40.5 Å². The molecule has 1 heterocycles. The van der Waals surface area contributed by atoms with E-state index >= 15 is 0 Å². The molecule has 0 N–H and O–H groups in total. The third kappa shape index (κ3) is 3.52. The number of hydrogen-bond donors (Lipinski definition) is 0. The van der Waals surface area contributed by atoms with Gasteiger partial charge in [-0.25, -0.2) is 9.59 Å². The van der Waals surface area contributed by atoms with Crippen LogP contribution in [0.3, 0.4) is 0 Å². The molecule has 0 bridgehead atoms. The first-order valence-corrected chi connectivity index (χ1v) is 8.64. The minimum atomic E-state index is -0.568. The molecule has 1 aliphatic heterocycles. The Bertz CT molecular complexity index is 404. The molecular formula is C14H20O4S2. The Balaban J connectivity index is 2.21. The summed E-state index contributed by atoms with van der Waals surface area (Å²) in [6, 6.07) is 0. The average Bonchev–Trinajstić information content (AvgIpc) is 2.54. The van der Waals surface area contributed by atoms with Crippen LogP contribution in [0.15, 0.2) is 9.81 Å². The summed E-state index contributed by atoms with van der Waals surface area (Å²) < 4.78 is 11.2. The van der Waals surface area contributed by atoms with Crippen molar-refractivity contribution in [1.82, 2.24) is 0 Å². The number of ether oxygens (including phenoxy) is 2. The van der Waals surface area contributed by atoms with Crippen molar-refractivity contribution in [2.45, 2.75) is 63.2 Å². The molecule has 2 atom stereocenters. The molecule has 0 spiro atoms. The summed E-state index contributed by atoms with van der Waals surface area (Å²) in [7, 11) is 0. The molecule has 112 valence electrons. The van der Waals surface area contributed by atoms with Crippen molar-refractivity contribution in [3.63, 3.8) is 0 Å². The Morgan fingerprint density at radius 2 is 1.35 bits per heavy atom. The van der Waals surface area contributed by atoms with Gasteiger partial charge in [-0.15, -0.1) is 23.5 Å². The summed E-state index contributed by atoms with van der Waals surface area (Å²) in [6.45, 7) is 7.08. The lowest BCUT2D eigenvalue weighted by Gasteiger charge is -2.26. The highest BCUT2D eigenvalue weighted by Gasteiger charge is 2.43. The zero-order valence-electron chi connectivity index (χ0n) is 12.2. The smallest absolute Gasteiger partial charge is 0.347 e. The van der Waals surface area contributed by atoms with E-state index in [2.05, 4.69) is 0 Å². The molecule has 1 saturated heterocycles. The normalized spacial score (nSPS) is 24.4. The fourth-order valence-electron chi connectivity index (χ4n) is 1.93. The van der Waals surface area contributed by atoms with E-state index in [0.29, 0.717) is 10.5 Å². The molecule has 20 heavy (non-hydrogen) atoms. The monoisotopic (exact) mass is 316 g/mol. The maximum Gasteiger partial charge on any atom is 0.347 e. The van der Waals surface area contributed by atoms with Crippen molar-refractivity contribution >= 4 is 35.5 Å². The van der Waals surface area contributed by atoms with Crippen molar-refractivity contribution in [1.29, 1.82) is 0 Å². The van der Waals surface area contributed by atoms with Crippen molar-refractivity contribution in [2.75, 3.05) is 0 Å². The Morgan fingerprint density at radius 3 is 1.65 bits per heavy atom. The van der Waals surface area contributed by atoms with E-state index in [-0.39, 0.29) is 17.8 Å². The lowest BCUT2D eigenvalue weighted by Crippen LogP contribution is -2.26. The second kappa shape index (κ2) is 6.43. The van der Waals surface area contributed by atoms with Crippen molar-refractivity contribution in [3.05, 3.63) is 9.81 Å². The minimum absolute atomic E-state index is 0.0804. The van der Waals surface area contributed by atoms with Crippen molar-refractivity contribution in [2.24, 2.45) is 0 Å². The number of esters is 2. The molecular weight excluding hydrogens is 296 g/mol. The standard InChI is InChI=1S/C14H20O4S2/c1-7(2)17-12(15)11(13(16)18-8(3)4)14-19-9-5-6-10(9)20-14/h7-10H,5-6H2,1-4H3. The molecule has 2 fully saturated rings. The second-order valence-corrected chi connectivity index (χ2v) is 8.22. The summed E-state index contributed by atoms with van der Waals surface area (Å²) in [4.78, 5) is 24.4. The van der Waals surface area contributed by atoms with Crippen LogP contribution in [0.5, 0.6) is 0 Å². The molecule has 1 aliphatic carbocycles. The van der Waals surface area contributed by atoms with Gasteiger partial charge in [0.05, 0.1) is 16.4 Å². The number of carbonyl (C=O) groups is 2. The third-order valence-electron chi connectivity index (χ3n) is 2.97. The maximum atomic E-state index is 12.2. The number of fused-ring (bicyclic) bond motifs is 1. The molecule has 2 unspecified atom stereocenters. The van der Waals surface area contributed by atoms with Crippen LogP contribution in [0.1, 0.15) is 40.5 Å². The van der Waals surface area contributed by atoms with Gasteiger partial charge in [0, 0.05) is 10.5 Å². The van der Waals surface area contributed by atoms with E-state index in [0.717, 1.165) is 17.1 Å². The largest absolute Gasteiger partial charge is 0.459 e. The van der Waals surface area contributed by atoms with Crippen LogP contribution in [-0.4, -0.2) is 34.6 Å². The fraction of sp³-hybridized carbons (Fsp3) is 0.714. The SMILES string of the molecule is CC(C)OC(=O)C(C(=O)OC(C)C)=C1SC2CCC2S1. The molecule has 2 rings (SSSR count). The van der Waals surface area contributed by atoms with Gasteiger partial charge in [-0.3, -0.25) is 0 Å². The van der Waals surface area contributed by atoms with Crippen LogP contribution >= 0.6 is 23.5 Å². The summed E-state index contributed by atoms with van der Waals surface area (Å²) in [5, 5.41) is 1.06. The molecule has 1 saturated carbocycles. The van der Waals surface area contributed by atoms with E-state index in [9.17, 15) is 9.59 Å². The number of rotatable bonds is 4. The Labute approximate surface area is 128 Å². The van der Waals surface area contributed by atoms with E-state index in [1.54, 1.807) is 51.2 Å². The lowest BCUT2D eigenvalue weighted by molar-refractivity contribution is -0.150. The zero-order chi connectivity index (χ0) is 14.9. The van der Waals surface area contributed by atoms with Gasteiger partial charge in [0.15, 0.2) is 5.57 Å². The van der Waals surface area contributed by atoms with E-state index in [1.165, 1.54) is 0 Å². The van der Waals surface area contributed by atoms with Gasteiger partial charge >= 0.3 is 11.9 Å². The zero-order valence-corrected chi connectivity index (χ0v) is 13.8. The predicted molar refractivity (Wildman–Crippen MR) is 81.5 cm³/mol. The quantitative estimate of drug-likeness (QED) is 0.344. The molecule has 6 heteroatoms. The highest BCUT2D eigenvalue weighted by Crippen LogP contribution is 2.57. The van der Waals surface area contributed by atoms with Crippen LogP contribution in [0.2, 0.25) is 0 Å². The Morgan fingerprint density at radius 1 is 0.950 bits per heavy atom. The van der Waals surface area contributed by atoms with Gasteiger partial charge in [-0.1, -0.05) is 0 Å². The topological polar surface area (TPSA) is 52.6 Å². The van der Waals surface area contributed by atoms with Crippen molar-refractivity contribution < 1.29 is 19.1 Å². The highest BCUT2D eigenvalue weighted by molar-refractivity contribution is 8.26. The van der Waals surface area contributed by atoms with E-state index in [4.69, 9.17) is 9.47 Å². The lowest BCUT2D eigenvalue weighted by atomic mass is 9.99. The molecule has 0 amide bonds. The van der Waals surface area contributed by atoms with Crippen molar-refractivity contribution in [3.8, 4) is 0 Å². The number of carbonyl (C=O) groups excluding carboxylic acids is 2. The first kappa shape index (κ1) is 15.8. The third-order valence-corrected chi connectivity index (χ3v) is 6.29. The van der Waals surface area contributed by atoms with Crippen LogP contribution in [0.4, 0.5) is 0 Å². The predicted octanol–water partition coefficient (Wildman–Crippen LogP) is 3.11. The molecule has 4 nitrogen and oxygen atoms in total. The van der Waals surface area contributed by atoms with Crippen LogP contribution in [0, 0.1) is 0 Å². The molecule has 0 radical (unpaired) electrons. The molecule has 0 aromatic heterocycles. The summed E-state index contributed by atoms with van der Waals surface area (Å²) in [5.41, 5.74) is 0.0804. The minimum Gasteiger partial charge on any atom is -0.459 e. The number of hydrogen-bond acceptors (Lipinski definition) is 6. The molecule has 0 aromatic carbocycles.